The van der Waals surface area contributed by atoms with E-state index in [1.807, 2.05) is 24.3 Å². The van der Waals surface area contributed by atoms with Gasteiger partial charge in [0.05, 0.1) is 14.2 Å². The molecule has 0 fully saturated rings. The zero-order valence-corrected chi connectivity index (χ0v) is 14.0. The fourth-order valence-corrected chi connectivity index (χ4v) is 4.14. The zero-order chi connectivity index (χ0) is 17.0. The molecule has 0 saturated heterocycles. The van der Waals surface area contributed by atoms with Crippen molar-refractivity contribution in [2.45, 2.75) is 24.9 Å². The Hall–Kier alpha value is -2.40. The van der Waals surface area contributed by atoms with E-state index in [2.05, 4.69) is 11.9 Å². The molecule has 0 radical (unpaired) electrons. The van der Waals surface area contributed by atoms with Crippen molar-refractivity contribution in [3.63, 3.8) is 0 Å². The minimum absolute atomic E-state index is 0.173. The Morgan fingerprint density at radius 2 is 1.33 bits per heavy atom. The van der Waals surface area contributed by atoms with Crippen molar-refractivity contribution in [1.82, 2.24) is 4.90 Å². The van der Waals surface area contributed by atoms with Crippen LogP contribution >= 0.6 is 0 Å². The van der Waals surface area contributed by atoms with E-state index in [1.165, 1.54) is 11.1 Å². The van der Waals surface area contributed by atoms with Gasteiger partial charge in [-0.3, -0.25) is 4.90 Å². The summed E-state index contributed by atoms with van der Waals surface area (Å²) in [5, 5.41) is 20.3. The van der Waals surface area contributed by atoms with E-state index in [9.17, 15) is 10.2 Å². The molecule has 2 aliphatic heterocycles. The monoisotopic (exact) mass is 327 g/mol. The summed E-state index contributed by atoms with van der Waals surface area (Å²) >= 11 is 0. The second-order valence-corrected chi connectivity index (χ2v) is 6.55. The maximum Gasteiger partial charge on any atom is 0.160 e. The first-order valence-corrected chi connectivity index (χ1v) is 8.05. The topological polar surface area (TPSA) is 62.2 Å². The molecule has 0 unspecified atom stereocenters. The van der Waals surface area contributed by atoms with E-state index in [0.717, 1.165) is 24.0 Å². The van der Waals surface area contributed by atoms with Gasteiger partial charge in [0.15, 0.2) is 23.0 Å². The predicted octanol–water partition coefficient (Wildman–Crippen LogP) is 2.94. The number of benzene rings is 2. The molecule has 2 aliphatic rings. The average molecular weight is 327 g/mol. The van der Waals surface area contributed by atoms with Crippen molar-refractivity contribution in [2.24, 2.45) is 0 Å². The number of hydrogen-bond acceptors (Lipinski definition) is 5. The molecule has 0 amide bonds. The molecule has 2 aromatic carbocycles. The molecule has 0 spiro atoms. The number of hydrogen-bond donors (Lipinski definition) is 2. The van der Waals surface area contributed by atoms with Crippen molar-refractivity contribution >= 4 is 0 Å². The van der Waals surface area contributed by atoms with E-state index >= 15 is 0 Å². The lowest BCUT2D eigenvalue weighted by Crippen LogP contribution is -2.40. The van der Waals surface area contributed by atoms with Gasteiger partial charge >= 0.3 is 0 Å². The van der Waals surface area contributed by atoms with Crippen molar-refractivity contribution in [3.8, 4) is 23.0 Å². The Kier molecular flexibility index (Phi) is 3.35. The van der Waals surface area contributed by atoms with Crippen LogP contribution in [0.2, 0.25) is 0 Å². The van der Waals surface area contributed by atoms with Gasteiger partial charge < -0.3 is 19.7 Å². The number of phenols is 2. The van der Waals surface area contributed by atoms with Crippen molar-refractivity contribution in [3.05, 3.63) is 46.5 Å². The van der Waals surface area contributed by atoms with Crippen molar-refractivity contribution in [2.75, 3.05) is 21.3 Å². The van der Waals surface area contributed by atoms with Gasteiger partial charge in [0, 0.05) is 12.1 Å². The molecule has 5 heteroatoms. The quantitative estimate of drug-likeness (QED) is 0.888. The highest BCUT2D eigenvalue weighted by atomic mass is 16.5. The average Bonchev–Trinajstić information content (AvgIpc) is 2.56. The molecule has 2 heterocycles. The third-order valence-corrected chi connectivity index (χ3v) is 5.41. The fraction of sp³-hybridized carbons (Fsp3) is 0.368. The smallest absolute Gasteiger partial charge is 0.160 e. The number of ether oxygens (including phenoxy) is 2. The van der Waals surface area contributed by atoms with Gasteiger partial charge in [-0.25, -0.2) is 0 Å². The van der Waals surface area contributed by atoms with Crippen molar-refractivity contribution in [1.29, 1.82) is 0 Å². The molecular formula is C19H21NO4. The molecule has 126 valence electrons. The summed E-state index contributed by atoms with van der Waals surface area (Å²) in [5.74, 6) is 1.37. The lowest BCUT2D eigenvalue weighted by atomic mass is 9.76. The van der Waals surface area contributed by atoms with Gasteiger partial charge in [0.25, 0.3) is 0 Å². The van der Waals surface area contributed by atoms with Crippen LogP contribution in [0.25, 0.3) is 0 Å². The van der Waals surface area contributed by atoms with Gasteiger partial charge in [0.2, 0.25) is 0 Å². The highest BCUT2D eigenvalue weighted by Crippen LogP contribution is 2.50. The van der Waals surface area contributed by atoms with Gasteiger partial charge in [-0.2, -0.15) is 0 Å². The highest BCUT2D eigenvalue weighted by Gasteiger charge is 2.39. The Morgan fingerprint density at radius 1 is 0.833 bits per heavy atom. The first kappa shape index (κ1) is 15.1. The molecule has 2 N–H and O–H groups in total. The van der Waals surface area contributed by atoms with Crippen LogP contribution < -0.4 is 9.47 Å². The van der Waals surface area contributed by atoms with Crippen molar-refractivity contribution < 1.29 is 19.7 Å². The number of rotatable bonds is 2. The summed E-state index contributed by atoms with van der Waals surface area (Å²) in [7, 11) is 5.25. The first-order chi connectivity index (χ1) is 11.5. The summed E-state index contributed by atoms with van der Waals surface area (Å²) in [6.45, 7) is 0. The van der Waals surface area contributed by atoms with E-state index in [0.29, 0.717) is 11.5 Å². The molecule has 4 rings (SSSR count). The normalized spacial score (nSPS) is 21.8. The molecule has 2 bridgehead atoms. The summed E-state index contributed by atoms with van der Waals surface area (Å²) in [4.78, 5) is 2.34. The molecule has 0 saturated carbocycles. The number of methoxy groups -OCH3 is 2. The van der Waals surface area contributed by atoms with Gasteiger partial charge in [-0.15, -0.1) is 0 Å². The second kappa shape index (κ2) is 5.31. The van der Waals surface area contributed by atoms with Gasteiger partial charge in [-0.05, 0) is 66.4 Å². The summed E-state index contributed by atoms with van der Waals surface area (Å²) < 4.78 is 10.5. The Bertz CT molecular complexity index is 817. The number of phenolic OH excluding ortho intramolecular Hbond substituents is 2. The Morgan fingerprint density at radius 3 is 1.96 bits per heavy atom. The second-order valence-electron chi connectivity index (χ2n) is 6.55. The third-order valence-electron chi connectivity index (χ3n) is 5.41. The van der Waals surface area contributed by atoms with E-state index in [4.69, 9.17) is 9.47 Å². The molecule has 0 aromatic heterocycles. The first-order valence-electron chi connectivity index (χ1n) is 8.05. The van der Waals surface area contributed by atoms with Gasteiger partial charge in [0.1, 0.15) is 0 Å². The molecule has 24 heavy (non-hydrogen) atoms. The Labute approximate surface area is 141 Å². The number of likely N-dealkylation sites (N-methyl/N-ethyl adjacent to an activating group) is 1. The largest absolute Gasteiger partial charge is 0.504 e. The third kappa shape index (κ3) is 2.04. The highest BCUT2D eigenvalue weighted by molar-refractivity contribution is 5.54. The molecule has 2 atom stereocenters. The fourth-order valence-electron chi connectivity index (χ4n) is 4.14. The minimum atomic E-state index is 0.173. The predicted molar refractivity (Wildman–Crippen MR) is 90.0 cm³/mol. The zero-order valence-electron chi connectivity index (χ0n) is 14.0. The van der Waals surface area contributed by atoms with Crippen LogP contribution in [0, 0.1) is 0 Å². The minimum Gasteiger partial charge on any atom is -0.504 e. The molecular weight excluding hydrogens is 306 g/mol. The number of aromatic hydroxyl groups is 2. The van der Waals surface area contributed by atoms with E-state index in [1.54, 1.807) is 14.2 Å². The SMILES string of the molecule is COc1cc2c(cc1O)[C@@H]1Cc3cc(O)c(OC)cc3[C@H](C2)N1C. The van der Waals surface area contributed by atoms with Crippen LogP contribution in [-0.2, 0) is 12.8 Å². The molecule has 0 aliphatic carbocycles. The lowest BCUT2D eigenvalue weighted by molar-refractivity contribution is 0.137. The van der Waals surface area contributed by atoms with Crippen LogP contribution in [-0.4, -0.2) is 36.4 Å². The number of nitrogens with zero attached hydrogens (tertiary/aromatic N) is 1. The Balaban J connectivity index is 1.85. The lowest BCUT2D eigenvalue weighted by Gasteiger charge is -2.46. The van der Waals surface area contributed by atoms with Crippen LogP contribution in [0.1, 0.15) is 34.3 Å². The van der Waals surface area contributed by atoms with Crippen LogP contribution in [0.15, 0.2) is 24.3 Å². The summed E-state index contributed by atoms with van der Waals surface area (Å²) in [5.41, 5.74) is 4.67. The van der Waals surface area contributed by atoms with Crippen LogP contribution in [0.5, 0.6) is 23.0 Å². The van der Waals surface area contributed by atoms with Gasteiger partial charge in [-0.1, -0.05) is 0 Å². The molecule has 2 aromatic rings. The number of fused-ring (bicyclic) bond motifs is 6. The molecule has 5 nitrogen and oxygen atoms in total. The maximum atomic E-state index is 10.2. The summed E-state index contributed by atoms with van der Waals surface area (Å²) in [6.07, 6.45) is 1.62. The van der Waals surface area contributed by atoms with E-state index < -0.39 is 0 Å². The van der Waals surface area contributed by atoms with E-state index in [-0.39, 0.29) is 23.6 Å². The van der Waals surface area contributed by atoms with Crippen LogP contribution in [0.4, 0.5) is 0 Å². The van der Waals surface area contributed by atoms with Crippen LogP contribution in [0.3, 0.4) is 0 Å². The maximum absolute atomic E-state index is 10.2. The standard InChI is InChI=1S/C19H21NO4/c1-20-14-4-10-6-16(21)19(24-3)9-13(10)15(20)5-11-7-18(23-2)17(22)8-12(11)14/h6-9,14-15,21-22H,4-5H2,1-3H3/t14-,15-/m0/s1. The summed E-state index contributed by atoms with van der Waals surface area (Å²) in [6, 6.07) is 7.92.